The van der Waals surface area contributed by atoms with Crippen LogP contribution in [0.15, 0.2) is 0 Å². The Morgan fingerprint density at radius 3 is 1.67 bits per heavy atom. The molecule has 9 heteroatoms. The molecule has 1 rings (SSSR count). The van der Waals surface area contributed by atoms with Gasteiger partial charge in [0.1, 0.15) is 0 Å². The van der Waals surface area contributed by atoms with E-state index in [1.54, 1.807) is 0 Å². The second-order valence-electron chi connectivity index (χ2n) is 1.06. The van der Waals surface area contributed by atoms with Gasteiger partial charge < -0.3 is 0 Å². The Morgan fingerprint density at radius 1 is 1.33 bits per heavy atom. The Kier molecular flexibility index (Phi) is 1.91. The SMILES string of the molecule is O=S(O)S1(S(=O)O)NO1. The van der Waals surface area contributed by atoms with Crippen molar-refractivity contribution in [2.24, 2.45) is 0 Å². The zero-order valence-electron chi connectivity index (χ0n) is 3.84. The van der Waals surface area contributed by atoms with Crippen molar-refractivity contribution in [2.75, 3.05) is 0 Å². The summed E-state index contributed by atoms with van der Waals surface area (Å²) in [6.45, 7) is 0. The van der Waals surface area contributed by atoms with Crippen molar-refractivity contribution in [2.45, 2.75) is 0 Å². The Bertz CT molecular complexity index is 155. The van der Waals surface area contributed by atoms with E-state index in [0.717, 1.165) is 0 Å². The van der Waals surface area contributed by atoms with Crippen molar-refractivity contribution in [1.82, 2.24) is 4.89 Å². The molecule has 0 amide bonds. The van der Waals surface area contributed by atoms with Crippen LogP contribution < -0.4 is 4.89 Å². The summed E-state index contributed by atoms with van der Waals surface area (Å²) in [7, 11) is -7.55. The zero-order chi connectivity index (χ0) is 7.07. The Morgan fingerprint density at radius 2 is 1.67 bits per heavy atom. The summed E-state index contributed by atoms with van der Waals surface area (Å²) in [5.41, 5.74) is 0. The summed E-state index contributed by atoms with van der Waals surface area (Å²) in [5, 5.41) is 0. The van der Waals surface area contributed by atoms with E-state index in [-0.39, 0.29) is 0 Å². The highest BCUT2D eigenvalue weighted by atomic mass is 33.6. The molecule has 6 nitrogen and oxygen atoms in total. The van der Waals surface area contributed by atoms with Gasteiger partial charge in [-0.1, -0.05) is 4.89 Å². The molecule has 3 N–H and O–H groups in total. The molecule has 0 aromatic rings. The quantitative estimate of drug-likeness (QED) is 0.308. The highest BCUT2D eigenvalue weighted by molar-refractivity contribution is 9.15. The molecule has 1 heterocycles. The second kappa shape index (κ2) is 2.27. The molecule has 2 atom stereocenters. The van der Waals surface area contributed by atoms with Crippen LogP contribution >= 0.6 is 8.56 Å². The summed E-state index contributed by atoms with van der Waals surface area (Å²) in [6.07, 6.45) is 0. The van der Waals surface area contributed by atoms with E-state index in [9.17, 15) is 8.42 Å². The number of rotatable bonds is 2. The van der Waals surface area contributed by atoms with E-state index in [1.807, 2.05) is 4.89 Å². The highest BCUT2D eigenvalue weighted by Gasteiger charge is 2.53. The van der Waals surface area contributed by atoms with Crippen molar-refractivity contribution in [3.05, 3.63) is 0 Å². The van der Waals surface area contributed by atoms with Crippen LogP contribution in [-0.2, 0) is 24.5 Å². The molecule has 56 valence electrons. The first-order chi connectivity index (χ1) is 4.09. The summed E-state index contributed by atoms with van der Waals surface area (Å²) >= 11 is 0. The van der Waals surface area contributed by atoms with Crippen molar-refractivity contribution in [3.63, 3.8) is 0 Å². The van der Waals surface area contributed by atoms with Crippen molar-refractivity contribution >= 4 is 28.8 Å². The molecule has 0 bridgehead atoms. The summed E-state index contributed by atoms with van der Waals surface area (Å²) < 4.78 is 41.0. The lowest BCUT2D eigenvalue weighted by Crippen LogP contribution is -1.99. The monoisotopic (exact) mass is 193 g/mol. The largest absolute Gasteiger partial charge is 0.295 e. The molecule has 1 saturated heterocycles. The minimum absolute atomic E-state index is 1.93. The lowest BCUT2D eigenvalue weighted by Gasteiger charge is -1.99. The van der Waals surface area contributed by atoms with E-state index >= 15 is 0 Å². The lowest BCUT2D eigenvalue weighted by molar-refractivity contribution is 0.468. The van der Waals surface area contributed by atoms with Crippen LogP contribution in [-0.4, -0.2) is 17.5 Å². The third-order valence-electron chi connectivity index (χ3n) is 0.595. The van der Waals surface area contributed by atoms with Gasteiger partial charge in [0.2, 0.25) is 0 Å². The fourth-order valence-electron chi connectivity index (χ4n) is 0.194. The molecule has 0 spiro atoms. The van der Waals surface area contributed by atoms with Crippen LogP contribution in [0.5, 0.6) is 0 Å². The molecule has 1 fully saturated rings. The maximum atomic E-state index is 10.1. The molecule has 1 aliphatic rings. The number of hydrogen-bond acceptors (Lipinski definition) is 4. The first-order valence-corrected chi connectivity index (χ1v) is 6.41. The molecule has 0 saturated carbocycles. The third kappa shape index (κ3) is 1.17. The van der Waals surface area contributed by atoms with Gasteiger partial charge in [0, 0.05) is 0 Å². The number of nitrogens with one attached hydrogen (secondary N) is 1. The predicted octanol–water partition coefficient (Wildman–Crippen LogP) is -0.571. The van der Waals surface area contributed by atoms with Crippen LogP contribution in [0.1, 0.15) is 0 Å². The summed E-state index contributed by atoms with van der Waals surface area (Å²) in [4.78, 5) is 1.93. The molecule has 0 aromatic carbocycles. The van der Waals surface area contributed by atoms with Crippen molar-refractivity contribution < 1.29 is 21.8 Å². The average Bonchev–Trinajstić information content (AvgIpc) is 2.40. The molecule has 0 radical (unpaired) electrons. The third-order valence-corrected chi connectivity index (χ3v) is 6.95. The van der Waals surface area contributed by atoms with E-state index < -0.39 is 28.8 Å². The van der Waals surface area contributed by atoms with Gasteiger partial charge in [-0.2, -0.15) is 4.28 Å². The molecule has 2 unspecified atom stereocenters. The predicted molar refractivity (Wildman–Crippen MR) is 33.4 cm³/mol. The lowest BCUT2D eigenvalue weighted by atomic mass is 13.6. The average molecular weight is 193 g/mol. The first-order valence-electron chi connectivity index (χ1n) is 1.61. The van der Waals surface area contributed by atoms with Gasteiger partial charge in [-0.3, -0.25) is 9.11 Å². The van der Waals surface area contributed by atoms with Crippen LogP contribution in [0.2, 0.25) is 0 Å². The van der Waals surface area contributed by atoms with Gasteiger partial charge >= 0.3 is 0 Å². The van der Waals surface area contributed by atoms with Gasteiger partial charge in [-0.05, 0) is 0 Å². The molecular weight excluding hydrogens is 190 g/mol. The van der Waals surface area contributed by atoms with Crippen molar-refractivity contribution in [1.29, 1.82) is 0 Å². The smallest absolute Gasteiger partial charge is 0.252 e. The Labute approximate surface area is 55.9 Å². The van der Waals surface area contributed by atoms with Crippen LogP contribution in [0.3, 0.4) is 0 Å². The van der Waals surface area contributed by atoms with Crippen LogP contribution in [0.4, 0.5) is 0 Å². The van der Waals surface area contributed by atoms with Gasteiger partial charge in [0.05, 0.1) is 0 Å². The van der Waals surface area contributed by atoms with Gasteiger partial charge in [0.25, 0.3) is 20.2 Å². The minimum atomic E-state index is -2.76. The standard InChI is InChI=1S/H3NO5S3/c2-7(3)9(1-6-9)8(4)5/h1H,(H,2,3)(H,4,5). The van der Waals surface area contributed by atoms with Gasteiger partial charge in [0.15, 0.2) is 8.56 Å². The first kappa shape index (κ1) is 7.60. The topological polar surface area (TPSA) is 109 Å². The van der Waals surface area contributed by atoms with E-state index in [4.69, 9.17) is 9.11 Å². The zero-order valence-corrected chi connectivity index (χ0v) is 6.29. The molecule has 9 heavy (non-hydrogen) atoms. The van der Waals surface area contributed by atoms with Gasteiger partial charge in [-0.15, -0.1) is 0 Å². The maximum absolute atomic E-state index is 10.1. The Hall–Kier alpha value is 0.490. The number of hydrogen-bond donors (Lipinski definition) is 3. The fraction of sp³-hybridized carbons (Fsp3) is 0. The molecular formula is H3NO5S3. The van der Waals surface area contributed by atoms with E-state index in [2.05, 4.69) is 4.28 Å². The maximum Gasteiger partial charge on any atom is 0.252 e. The van der Waals surface area contributed by atoms with Crippen LogP contribution in [0.25, 0.3) is 0 Å². The second-order valence-corrected chi connectivity index (χ2v) is 8.33. The Balaban J connectivity index is 2.75. The van der Waals surface area contributed by atoms with E-state index in [1.165, 1.54) is 0 Å². The fourth-order valence-corrected chi connectivity index (χ4v) is 3.14. The normalized spacial score (nSPS) is 46.9. The molecule has 0 aromatic heterocycles. The van der Waals surface area contributed by atoms with Gasteiger partial charge in [-0.25, -0.2) is 8.42 Å². The van der Waals surface area contributed by atoms with Crippen LogP contribution in [0, 0.1) is 0 Å². The van der Waals surface area contributed by atoms with Crippen molar-refractivity contribution in [3.8, 4) is 0 Å². The summed E-state index contributed by atoms with van der Waals surface area (Å²) in [6, 6.07) is 0. The molecule has 0 aliphatic carbocycles. The highest BCUT2D eigenvalue weighted by Crippen LogP contribution is 2.62. The summed E-state index contributed by atoms with van der Waals surface area (Å²) in [5.74, 6) is 0. The molecule has 1 aliphatic heterocycles. The van der Waals surface area contributed by atoms with E-state index in [0.29, 0.717) is 0 Å². The minimum Gasteiger partial charge on any atom is -0.295 e.